The maximum absolute atomic E-state index is 10.6. The summed E-state index contributed by atoms with van der Waals surface area (Å²) < 4.78 is 0. The Bertz CT molecular complexity index is 174. The first-order chi connectivity index (χ1) is 5.25. The molecule has 0 saturated carbocycles. The standard InChI is InChI=1S/C8H12O3/c9-5-6-3-1-2-4-7(6)8(10)11/h1-2,6-7,9H,3-5H2,(H,10,11)/t6-,7+/m1/s1. The van der Waals surface area contributed by atoms with Crippen LogP contribution in [-0.4, -0.2) is 22.8 Å². The number of hydrogen-bond donors (Lipinski definition) is 2. The van der Waals surface area contributed by atoms with Crippen molar-refractivity contribution in [2.24, 2.45) is 11.8 Å². The first-order valence-corrected chi connectivity index (χ1v) is 3.74. The van der Waals surface area contributed by atoms with E-state index in [1.165, 1.54) is 0 Å². The summed E-state index contributed by atoms with van der Waals surface area (Å²) in [6.45, 7) is -0.0265. The van der Waals surface area contributed by atoms with Crippen molar-refractivity contribution >= 4 is 5.97 Å². The van der Waals surface area contributed by atoms with Crippen molar-refractivity contribution in [3.8, 4) is 0 Å². The highest BCUT2D eigenvalue weighted by molar-refractivity contribution is 5.70. The fourth-order valence-electron chi connectivity index (χ4n) is 1.37. The van der Waals surface area contributed by atoms with E-state index < -0.39 is 5.97 Å². The SMILES string of the molecule is O=C(O)[C@H]1CC=CC[C@@H]1CO. The fraction of sp³-hybridized carbons (Fsp3) is 0.625. The maximum Gasteiger partial charge on any atom is 0.307 e. The van der Waals surface area contributed by atoms with Gasteiger partial charge in [0.2, 0.25) is 0 Å². The zero-order valence-electron chi connectivity index (χ0n) is 6.23. The molecule has 62 valence electrons. The van der Waals surface area contributed by atoms with Crippen molar-refractivity contribution in [3.63, 3.8) is 0 Å². The van der Waals surface area contributed by atoms with E-state index in [4.69, 9.17) is 10.2 Å². The average molecular weight is 156 g/mol. The molecule has 0 bridgehead atoms. The van der Waals surface area contributed by atoms with E-state index in [2.05, 4.69) is 0 Å². The second-order valence-corrected chi connectivity index (χ2v) is 2.83. The summed E-state index contributed by atoms with van der Waals surface area (Å²) in [5.41, 5.74) is 0. The van der Waals surface area contributed by atoms with Crippen LogP contribution >= 0.6 is 0 Å². The Balaban J connectivity index is 2.61. The third kappa shape index (κ3) is 1.80. The molecular formula is C8H12O3. The third-order valence-corrected chi connectivity index (χ3v) is 2.12. The van der Waals surface area contributed by atoms with Crippen molar-refractivity contribution in [1.82, 2.24) is 0 Å². The minimum absolute atomic E-state index is 0.0265. The van der Waals surface area contributed by atoms with Gasteiger partial charge in [0.15, 0.2) is 0 Å². The molecule has 0 radical (unpaired) electrons. The normalized spacial score (nSPS) is 30.3. The summed E-state index contributed by atoms with van der Waals surface area (Å²) in [6.07, 6.45) is 5.04. The van der Waals surface area contributed by atoms with Crippen LogP contribution in [0.3, 0.4) is 0 Å². The number of rotatable bonds is 2. The van der Waals surface area contributed by atoms with Gasteiger partial charge in [-0.2, -0.15) is 0 Å². The van der Waals surface area contributed by atoms with Crippen molar-refractivity contribution < 1.29 is 15.0 Å². The van der Waals surface area contributed by atoms with E-state index in [-0.39, 0.29) is 18.4 Å². The first-order valence-electron chi connectivity index (χ1n) is 3.74. The molecule has 0 aliphatic heterocycles. The maximum atomic E-state index is 10.6. The van der Waals surface area contributed by atoms with Crippen molar-refractivity contribution in [3.05, 3.63) is 12.2 Å². The Hall–Kier alpha value is -0.830. The van der Waals surface area contributed by atoms with Crippen LogP contribution in [0, 0.1) is 11.8 Å². The number of hydrogen-bond acceptors (Lipinski definition) is 2. The Morgan fingerprint density at radius 1 is 1.45 bits per heavy atom. The predicted octanol–water partition coefficient (Wildman–Crippen LogP) is 0.646. The van der Waals surface area contributed by atoms with Gasteiger partial charge in [0.25, 0.3) is 0 Å². The molecule has 0 aromatic heterocycles. The molecule has 11 heavy (non-hydrogen) atoms. The van der Waals surface area contributed by atoms with Crippen LogP contribution in [0.2, 0.25) is 0 Å². The van der Waals surface area contributed by atoms with Gasteiger partial charge in [0.05, 0.1) is 5.92 Å². The van der Waals surface area contributed by atoms with Crippen LogP contribution in [0.4, 0.5) is 0 Å². The summed E-state index contributed by atoms with van der Waals surface area (Å²) in [5, 5.41) is 17.5. The summed E-state index contributed by atoms with van der Waals surface area (Å²) in [5.74, 6) is -1.27. The van der Waals surface area contributed by atoms with Gasteiger partial charge >= 0.3 is 5.97 Å². The second kappa shape index (κ2) is 3.53. The zero-order chi connectivity index (χ0) is 8.27. The number of aliphatic hydroxyl groups is 1. The number of aliphatic carboxylic acids is 1. The van der Waals surface area contributed by atoms with Crippen molar-refractivity contribution in [1.29, 1.82) is 0 Å². The number of carboxylic acids is 1. The number of allylic oxidation sites excluding steroid dienone is 2. The molecule has 0 unspecified atom stereocenters. The van der Waals surface area contributed by atoms with Gasteiger partial charge in [0.1, 0.15) is 0 Å². The molecule has 0 aromatic carbocycles. The van der Waals surface area contributed by atoms with Gasteiger partial charge in [-0.25, -0.2) is 0 Å². The van der Waals surface area contributed by atoms with Crippen LogP contribution in [0.5, 0.6) is 0 Å². The largest absolute Gasteiger partial charge is 0.481 e. The average Bonchev–Trinajstić information content (AvgIpc) is 2.04. The van der Waals surface area contributed by atoms with E-state index in [1.807, 2.05) is 12.2 Å². The molecular weight excluding hydrogens is 144 g/mol. The lowest BCUT2D eigenvalue weighted by molar-refractivity contribution is -0.144. The lowest BCUT2D eigenvalue weighted by Crippen LogP contribution is -2.27. The molecule has 2 N–H and O–H groups in total. The van der Waals surface area contributed by atoms with Gasteiger partial charge in [-0.1, -0.05) is 12.2 Å². The van der Waals surface area contributed by atoms with Crippen molar-refractivity contribution in [2.75, 3.05) is 6.61 Å². The van der Waals surface area contributed by atoms with Gasteiger partial charge in [-0.05, 0) is 18.8 Å². The number of carboxylic acid groups (broad SMARTS) is 1. The molecule has 2 atom stereocenters. The van der Waals surface area contributed by atoms with Crippen LogP contribution < -0.4 is 0 Å². The molecule has 3 heteroatoms. The van der Waals surface area contributed by atoms with Crippen LogP contribution in [0.1, 0.15) is 12.8 Å². The quantitative estimate of drug-likeness (QED) is 0.577. The highest BCUT2D eigenvalue weighted by Crippen LogP contribution is 2.24. The molecule has 0 fully saturated rings. The number of carbonyl (C=O) groups is 1. The predicted molar refractivity (Wildman–Crippen MR) is 40.1 cm³/mol. The Morgan fingerprint density at radius 3 is 2.55 bits per heavy atom. The van der Waals surface area contributed by atoms with Crippen LogP contribution in [0.25, 0.3) is 0 Å². The van der Waals surface area contributed by atoms with E-state index >= 15 is 0 Å². The Kier molecular flexibility index (Phi) is 2.65. The summed E-state index contributed by atoms with van der Waals surface area (Å²) in [6, 6.07) is 0. The molecule has 0 saturated heterocycles. The van der Waals surface area contributed by atoms with Crippen LogP contribution in [-0.2, 0) is 4.79 Å². The van der Waals surface area contributed by atoms with Crippen molar-refractivity contribution in [2.45, 2.75) is 12.8 Å². The fourth-order valence-corrected chi connectivity index (χ4v) is 1.37. The van der Waals surface area contributed by atoms with Crippen LogP contribution in [0.15, 0.2) is 12.2 Å². The lowest BCUT2D eigenvalue weighted by Gasteiger charge is -2.22. The third-order valence-electron chi connectivity index (χ3n) is 2.12. The minimum atomic E-state index is -0.798. The minimum Gasteiger partial charge on any atom is -0.481 e. The molecule has 0 heterocycles. The van der Waals surface area contributed by atoms with E-state index in [1.54, 1.807) is 0 Å². The van der Waals surface area contributed by atoms with Gasteiger partial charge in [-0.3, -0.25) is 4.79 Å². The molecule has 1 aliphatic carbocycles. The molecule has 0 aromatic rings. The molecule has 0 amide bonds. The molecule has 1 rings (SSSR count). The summed E-state index contributed by atoms with van der Waals surface area (Å²) in [4.78, 5) is 10.6. The van der Waals surface area contributed by atoms with Gasteiger partial charge in [-0.15, -0.1) is 0 Å². The smallest absolute Gasteiger partial charge is 0.307 e. The van der Waals surface area contributed by atoms with E-state index in [0.29, 0.717) is 12.8 Å². The Labute approximate surface area is 65.3 Å². The number of aliphatic hydroxyl groups excluding tert-OH is 1. The van der Waals surface area contributed by atoms with Gasteiger partial charge < -0.3 is 10.2 Å². The van der Waals surface area contributed by atoms with E-state index in [9.17, 15) is 4.79 Å². The molecule has 3 nitrogen and oxygen atoms in total. The Morgan fingerprint density at radius 2 is 2.09 bits per heavy atom. The zero-order valence-corrected chi connectivity index (χ0v) is 6.23. The lowest BCUT2D eigenvalue weighted by atomic mass is 9.84. The molecule has 1 aliphatic rings. The monoisotopic (exact) mass is 156 g/mol. The highest BCUT2D eigenvalue weighted by atomic mass is 16.4. The second-order valence-electron chi connectivity index (χ2n) is 2.83. The van der Waals surface area contributed by atoms with Gasteiger partial charge in [0, 0.05) is 6.61 Å². The topological polar surface area (TPSA) is 57.5 Å². The first kappa shape index (κ1) is 8.27. The molecule has 0 spiro atoms. The summed E-state index contributed by atoms with van der Waals surface area (Å²) >= 11 is 0. The highest BCUT2D eigenvalue weighted by Gasteiger charge is 2.27. The summed E-state index contributed by atoms with van der Waals surface area (Å²) in [7, 11) is 0. The van der Waals surface area contributed by atoms with E-state index in [0.717, 1.165) is 0 Å².